The minimum Gasteiger partial charge on any atom is -0.493 e. The molecule has 1 N–H and O–H groups in total. The highest BCUT2D eigenvalue weighted by molar-refractivity contribution is 5.15. The zero-order valence-corrected chi connectivity index (χ0v) is 4.55. The van der Waals surface area contributed by atoms with E-state index in [9.17, 15) is 0 Å². The van der Waals surface area contributed by atoms with Crippen molar-refractivity contribution in [1.82, 2.24) is 4.98 Å². The third-order valence-corrected chi connectivity index (χ3v) is 0.835. The van der Waals surface area contributed by atoms with Gasteiger partial charge in [-0.25, -0.2) is 4.98 Å². The maximum absolute atomic E-state index is 8.68. The van der Waals surface area contributed by atoms with Crippen LogP contribution in [0.15, 0.2) is 12.3 Å². The standard InChI is InChI=1S/C6H6NO/c1-5-2-3-7-6(8)4-5/h3-4H,1H3,(H,7,8). The van der Waals surface area contributed by atoms with Gasteiger partial charge in [-0.3, -0.25) is 0 Å². The zero-order valence-electron chi connectivity index (χ0n) is 4.55. The van der Waals surface area contributed by atoms with Crippen molar-refractivity contribution in [2.75, 3.05) is 0 Å². The Hall–Kier alpha value is -1.05. The van der Waals surface area contributed by atoms with Gasteiger partial charge in [-0.1, -0.05) is 0 Å². The average Bonchev–Trinajstić information content (AvgIpc) is 1.64. The Bertz CT molecular complexity index is 168. The van der Waals surface area contributed by atoms with Crippen molar-refractivity contribution in [3.8, 4) is 5.88 Å². The normalized spacial score (nSPS) is 9.12. The maximum Gasteiger partial charge on any atom is 0.210 e. The molecule has 0 fully saturated rings. The lowest BCUT2D eigenvalue weighted by molar-refractivity contribution is 0.453. The first-order valence-electron chi connectivity index (χ1n) is 2.32. The van der Waals surface area contributed by atoms with Crippen molar-refractivity contribution in [3.05, 3.63) is 23.9 Å². The van der Waals surface area contributed by atoms with Gasteiger partial charge in [-0.2, -0.15) is 0 Å². The third-order valence-electron chi connectivity index (χ3n) is 0.835. The van der Waals surface area contributed by atoms with E-state index in [1.54, 1.807) is 6.07 Å². The molecule has 0 atom stereocenters. The fourth-order valence-corrected chi connectivity index (χ4v) is 0.473. The molecule has 0 aliphatic rings. The van der Waals surface area contributed by atoms with Gasteiger partial charge in [0.1, 0.15) is 0 Å². The van der Waals surface area contributed by atoms with Crippen LogP contribution >= 0.6 is 0 Å². The summed E-state index contributed by atoms with van der Waals surface area (Å²) in [6.45, 7) is 1.85. The van der Waals surface area contributed by atoms with Crippen molar-refractivity contribution in [2.24, 2.45) is 0 Å². The lowest BCUT2D eigenvalue weighted by Crippen LogP contribution is -1.74. The molecule has 0 spiro atoms. The molecule has 1 heterocycles. The highest BCUT2D eigenvalue weighted by Crippen LogP contribution is 2.02. The van der Waals surface area contributed by atoms with E-state index in [1.807, 2.05) is 6.92 Å². The van der Waals surface area contributed by atoms with Gasteiger partial charge in [0, 0.05) is 18.3 Å². The molecule has 0 bridgehead atoms. The number of aryl methyl sites for hydroxylation is 1. The van der Waals surface area contributed by atoms with Crippen molar-refractivity contribution >= 4 is 0 Å². The number of aromatic hydroxyl groups is 1. The predicted octanol–water partition coefficient (Wildman–Crippen LogP) is 0.896. The van der Waals surface area contributed by atoms with E-state index in [0.717, 1.165) is 5.56 Å². The Labute approximate surface area is 47.8 Å². The number of rotatable bonds is 0. The molecule has 1 aromatic rings. The minimum atomic E-state index is 0.0567. The maximum atomic E-state index is 8.68. The lowest BCUT2D eigenvalue weighted by Gasteiger charge is -1.88. The monoisotopic (exact) mass is 108 g/mol. The molecular weight excluding hydrogens is 102 g/mol. The largest absolute Gasteiger partial charge is 0.493 e. The summed E-state index contributed by atoms with van der Waals surface area (Å²) in [6, 6.07) is 4.36. The van der Waals surface area contributed by atoms with Crippen LogP contribution in [0, 0.1) is 13.0 Å². The Kier molecular flexibility index (Phi) is 1.16. The van der Waals surface area contributed by atoms with Gasteiger partial charge in [-0.05, 0) is 12.5 Å². The summed E-state index contributed by atoms with van der Waals surface area (Å²) in [4.78, 5) is 3.54. The van der Waals surface area contributed by atoms with E-state index in [4.69, 9.17) is 5.11 Å². The van der Waals surface area contributed by atoms with Crippen LogP contribution in [-0.4, -0.2) is 10.1 Å². The van der Waals surface area contributed by atoms with Crippen LogP contribution in [0.2, 0.25) is 0 Å². The Morgan fingerprint density at radius 3 is 2.88 bits per heavy atom. The van der Waals surface area contributed by atoms with Gasteiger partial charge in [0.05, 0.1) is 0 Å². The summed E-state index contributed by atoms with van der Waals surface area (Å²) in [5, 5.41) is 8.68. The van der Waals surface area contributed by atoms with Gasteiger partial charge in [0.15, 0.2) is 0 Å². The van der Waals surface area contributed by atoms with Crippen LogP contribution in [-0.2, 0) is 0 Å². The minimum absolute atomic E-state index is 0.0567. The Morgan fingerprint density at radius 1 is 1.75 bits per heavy atom. The first-order chi connectivity index (χ1) is 3.79. The second-order valence-electron chi connectivity index (χ2n) is 1.59. The summed E-state index contributed by atoms with van der Waals surface area (Å²) in [5.41, 5.74) is 0.900. The van der Waals surface area contributed by atoms with Crippen LogP contribution in [0.3, 0.4) is 0 Å². The van der Waals surface area contributed by atoms with E-state index in [0.29, 0.717) is 0 Å². The second kappa shape index (κ2) is 1.82. The van der Waals surface area contributed by atoms with Crippen LogP contribution < -0.4 is 0 Å². The molecule has 0 saturated carbocycles. The fourth-order valence-electron chi connectivity index (χ4n) is 0.473. The van der Waals surface area contributed by atoms with Gasteiger partial charge in [0.2, 0.25) is 5.88 Å². The molecule has 0 unspecified atom stereocenters. The average molecular weight is 108 g/mol. The van der Waals surface area contributed by atoms with Crippen LogP contribution in [0.25, 0.3) is 0 Å². The van der Waals surface area contributed by atoms with E-state index in [2.05, 4.69) is 11.1 Å². The van der Waals surface area contributed by atoms with Gasteiger partial charge < -0.3 is 5.11 Å². The van der Waals surface area contributed by atoms with Gasteiger partial charge in [0.25, 0.3) is 0 Å². The van der Waals surface area contributed by atoms with Crippen molar-refractivity contribution in [3.63, 3.8) is 0 Å². The summed E-state index contributed by atoms with van der Waals surface area (Å²) in [5.74, 6) is 0.0567. The van der Waals surface area contributed by atoms with Crippen molar-refractivity contribution < 1.29 is 5.11 Å². The van der Waals surface area contributed by atoms with Crippen LogP contribution in [0.1, 0.15) is 5.56 Å². The third kappa shape index (κ3) is 0.964. The molecule has 0 saturated heterocycles. The Morgan fingerprint density at radius 2 is 2.50 bits per heavy atom. The summed E-state index contributed by atoms with van der Waals surface area (Å²) in [7, 11) is 0. The molecule has 1 rings (SSSR count). The predicted molar refractivity (Wildman–Crippen MR) is 29.5 cm³/mol. The number of hydrogen-bond donors (Lipinski definition) is 1. The van der Waals surface area contributed by atoms with Crippen molar-refractivity contribution in [1.29, 1.82) is 0 Å². The van der Waals surface area contributed by atoms with E-state index in [-0.39, 0.29) is 5.88 Å². The Balaban J connectivity index is 3.08. The second-order valence-corrected chi connectivity index (χ2v) is 1.59. The summed E-state index contributed by atoms with van der Waals surface area (Å²) in [6.07, 6.45) is 1.45. The highest BCUT2D eigenvalue weighted by Gasteiger charge is 1.85. The summed E-state index contributed by atoms with van der Waals surface area (Å²) >= 11 is 0. The van der Waals surface area contributed by atoms with Crippen LogP contribution in [0.5, 0.6) is 5.88 Å². The molecule has 0 aromatic carbocycles. The fraction of sp³-hybridized carbons (Fsp3) is 0.167. The SMILES string of the molecule is Cc1[c]cnc(O)c1. The molecule has 2 heteroatoms. The first-order valence-corrected chi connectivity index (χ1v) is 2.32. The van der Waals surface area contributed by atoms with Crippen LogP contribution in [0.4, 0.5) is 0 Å². The smallest absolute Gasteiger partial charge is 0.210 e. The van der Waals surface area contributed by atoms with Gasteiger partial charge in [-0.15, -0.1) is 0 Å². The molecule has 2 nitrogen and oxygen atoms in total. The number of pyridine rings is 1. The quantitative estimate of drug-likeness (QED) is 0.535. The lowest BCUT2D eigenvalue weighted by atomic mass is 10.3. The highest BCUT2D eigenvalue weighted by atomic mass is 16.3. The number of nitrogens with zero attached hydrogens (tertiary/aromatic N) is 1. The molecule has 0 aliphatic carbocycles. The van der Waals surface area contributed by atoms with E-state index < -0.39 is 0 Å². The molecule has 1 radical (unpaired) electrons. The van der Waals surface area contributed by atoms with Gasteiger partial charge >= 0.3 is 0 Å². The van der Waals surface area contributed by atoms with E-state index >= 15 is 0 Å². The first kappa shape index (κ1) is 5.09. The molecular formula is C6H6NO. The molecule has 41 valence electrons. The molecule has 0 amide bonds. The summed E-state index contributed by atoms with van der Waals surface area (Å²) < 4.78 is 0. The van der Waals surface area contributed by atoms with E-state index in [1.165, 1.54) is 6.20 Å². The van der Waals surface area contributed by atoms with Crippen molar-refractivity contribution in [2.45, 2.75) is 6.92 Å². The molecule has 1 aromatic heterocycles. The topological polar surface area (TPSA) is 33.1 Å². The zero-order chi connectivity index (χ0) is 5.98. The number of aromatic nitrogens is 1. The number of hydrogen-bond acceptors (Lipinski definition) is 2. The molecule has 0 aliphatic heterocycles. The molecule has 8 heavy (non-hydrogen) atoms.